The number of carbonyl (C=O) groups excluding carboxylic acids is 4. The molecule has 2 aromatic rings. The summed E-state index contributed by atoms with van der Waals surface area (Å²) in [6, 6.07) is 4.42. The second kappa shape index (κ2) is 16.3. The van der Waals surface area contributed by atoms with Gasteiger partial charge in [-0.05, 0) is 101 Å². The number of ether oxygens (including phenoxy) is 3. The van der Waals surface area contributed by atoms with Gasteiger partial charge < -0.3 is 29.7 Å². The number of pyridine rings is 1. The summed E-state index contributed by atoms with van der Waals surface area (Å²) < 4.78 is 84.7. The van der Waals surface area contributed by atoms with Crippen LogP contribution < -0.4 is 24.8 Å². The summed E-state index contributed by atoms with van der Waals surface area (Å²) >= 11 is 0. The van der Waals surface area contributed by atoms with Crippen LogP contribution in [0.2, 0.25) is 0 Å². The number of rotatable bonds is 9. The number of amides is 4. The van der Waals surface area contributed by atoms with Crippen molar-refractivity contribution in [1.82, 2.24) is 25.2 Å². The predicted octanol–water partition coefficient (Wildman–Crippen LogP) is 5.65. The molecule has 3 fully saturated rings. The number of nitrogens with zero attached hydrogens (tertiary/aromatic N) is 2. The second-order valence-electron chi connectivity index (χ2n) is 16.1. The molecule has 18 heteroatoms. The highest BCUT2D eigenvalue weighted by molar-refractivity contribution is 7.91. The average Bonchev–Trinajstić information content (AvgIpc) is 4.05. The molecule has 0 unspecified atom stereocenters. The Balaban J connectivity index is 0.00000320. The van der Waals surface area contributed by atoms with Crippen LogP contribution in [0.4, 0.5) is 18.0 Å². The molecular formula is C39H56F3N5O9S. The molecule has 3 heterocycles. The summed E-state index contributed by atoms with van der Waals surface area (Å²) in [4.78, 5) is 61.4. The van der Waals surface area contributed by atoms with Gasteiger partial charge in [0.25, 0.3) is 5.91 Å². The molecule has 0 spiro atoms. The quantitative estimate of drug-likeness (QED) is 0.267. The molecule has 57 heavy (non-hydrogen) atoms. The summed E-state index contributed by atoms with van der Waals surface area (Å²) in [5.41, 5.74) is -1.62. The Morgan fingerprint density at radius 3 is 2.51 bits per heavy atom. The van der Waals surface area contributed by atoms with Gasteiger partial charge >= 0.3 is 12.3 Å². The number of hydrogen-bond acceptors (Lipinski definition) is 10. The van der Waals surface area contributed by atoms with Crippen LogP contribution in [-0.2, 0) is 29.1 Å². The first-order chi connectivity index (χ1) is 26.8. The van der Waals surface area contributed by atoms with E-state index in [9.17, 15) is 40.8 Å². The smallest absolute Gasteiger partial charge is 0.425 e. The van der Waals surface area contributed by atoms with Gasteiger partial charge in [0.15, 0.2) is 6.10 Å². The molecule has 0 bridgehead atoms. The van der Waals surface area contributed by atoms with Crippen molar-refractivity contribution in [3.05, 3.63) is 42.6 Å². The number of alkyl carbamates (subject to hydrolysis) is 1. The number of allylic oxidation sites excluding steroid dienone is 1. The molecule has 6 rings (SSSR count). The molecule has 1 aromatic heterocycles. The van der Waals surface area contributed by atoms with Gasteiger partial charge in [-0.15, -0.1) is 0 Å². The molecule has 8 atom stereocenters. The highest BCUT2D eigenvalue weighted by atomic mass is 32.2. The van der Waals surface area contributed by atoms with E-state index in [2.05, 4.69) is 25.1 Å². The monoisotopic (exact) mass is 827 g/mol. The molecule has 4 amide bonds. The summed E-state index contributed by atoms with van der Waals surface area (Å²) in [6.45, 7) is 7.90. The van der Waals surface area contributed by atoms with Crippen LogP contribution in [0.15, 0.2) is 42.6 Å². The average molecular weight is 828 g/mol. The molecule has 2 saturated carbocycles. The topological polar surface area (TPSA) is 182 Å². The zero-order chi connectivity index (χ0) is 41.4. The predicted molar refractivity (Wildman–Crippen MR) is 208 cm³/mol. The second-order valence-corrected chi connectivity index (χ2v) is 18.1. The lowest BCUT2D eigenvalue weighted by atomic mass is 9.88. The van der Waals surface area contributed by atoms with E-state index in [0.717, 1.165) is 5.39 Å². The molecular weight excluding hydrogens is 772 g/mol. The fourth-order valence-electron chi connectivity index (χ4n) is 7.61. The molecule has 0 radical (unpaired) electrons. The SMILES string of the molecule is CC(C)Oc1ccc2c(O[C@@H]3C[C@H]4C(=O)N[C@]5(C(=O)NS(=O)(=O)C6CC6)C[C@H]5/C=C\CC[C@H](C)C[C@@H](C)[C@H](NC(=O)O[C@H](C)C(F)(F)F)C(=O)N4C3)nccc2c1.[HH].[HH].[HH]. The lowest BCUT2D eigenvalue weighted by molar-refractivity contribution is -0.197. The van der Waals surface area contributed by atoms with Crippen LogP contribution in [0.1, 0.15) is 83.8 Å². The van der Waals surface area contributed by atoms with Gasteiger partial charge in [0.2, 0.25) is 27.7 Å². The molecule has 3 N–H and O–H groups in total. The molecule has 2 aliphatic heterocycles. The van der Waals surface area contributed by atoms with Crippen LogP contribution in [0.25, 0.3) is 10.8 Å². The lowest BCUT2D eigenvalue weighted by Gasteiger charge is -2.33. The van der Waals surface area contributed by atoms with Crippen molar-refractivity contribution in [3.63, 3.8) is 0 Å². The minimum Gasteiger partial charge on any atom is -0.491 e. The van der Waals surface area contributed by atoms with Gasteiger partial charge in [-0.3, -0.25) is 19.1 Å². The first-order valence-electron chi connectivity index (χ1n) is 19.4. The van der Waals surface area contributed by atoms with Crippen molar-refractivity contribution in [1.29, 1.82) is 0 Å². The number of aromatic nitrogens is 1. The molecule has 1 saturated heterocycles. The summed E-state index contributed by atoms with van der Waals surface area (Å²) in [5, 5.41) is 5.82. The molecule has 1 aromatic carbocycles. The molecule has 318 valence electrons. The maximum Gasteiger partial charge on any atom is 0.425 e. The zero-order valence-electron chi connectivity index (χ0n) is 32.5. The first-order valence-corrected chi connectivity index (χ1v) is 20.9. The number of benzene rings is 1. The largest absolute Gasteiger partial charge is 0.491 e. The van der Waals surface area contributed by atoms with Crippen molar-refractivity contribution in [2.45, 2.75) is 127 Å². The van der Waals surface area contributed by atoms with E-state index in [1.165, 1.54) is 11.1 Å². The Morgan fingerprint density at radius 2 is 1.82 bits per heavy atom. The van der Waals surface area contributed by atoms with Gasteiger partial charge in [0.1, 0.15) is 29.5 Å². The minimum absolute atomic E-state index is 0. The number of hydrogen-bond donors (Lipinski definition) is 3. The zero-order valence-corrected chi connectivity index (χ0v) is 33.3. The first kappa shape index (κ1) is 42.0. The van der Waals surface area contributed by atoms with E-state index in [1.54, 1.807) is 31.2 Å². The number of halogens is 3. The maximum absolute atomic E-state index is 14.7. The van der Waals surface area contributed by atoms with Crippen LogP contribution >= 0.6 is 0 Å². The van der Waals surface area contributed by atoms with E-state index in [-0.39, 0.29) is 41.6 Å². The van der Waals surface area contributed by atoms with Crippen molar-refractivity contribution >= 4 is 44.6 Å². The van der Waals surface area contributed by atoms with E-state index in [0.29, 0.717) is 50.2 Å². The Hall–Kier alpha value is -4.61. The van der Waals surface area contributed by atoms with Gasteiger partial charge in [-0.2, -0.15) is 13.2 Å². The standard InChI is InChI=1S/C39H50F3N5O9S.3H2/c1-21(2)54-27-10-13-30-25(17-27)14-15-43-34(30)56-28-18-31-33(48)45-38(36(50)46-57(52,53)29-11-12-29)19-26(38)9-7-6-8-22(3)16-23(4)32(35(49)47(31)20-28)44-37(51)55-24(5)39(40,41)42;;;/h7,9-10,13-15,17,21-24,26,28-29,31-32H,6,8,11-12,16,18-20H2,1-5H3,(H,44,51)(H,45,48)(H,46,50);3*1H/b9-7-;;;/t22-,23+,24+,26+,28+,31-,32-,38+;;;/m0.../s1. The highest BCUT2D eigenvalue weighted by Gasteiger charge is 2.62. The number of sulfonamides is 1. The van der Waals surface area contributed by atoms with Gasteiger partial charge in [0.05, 0.1) is 17.9 Å². The normalized spacial score (nSPS) is 29.5. The third-order valence-corrected chi connectivity index (χ3v) is 12.8. The van der Waals surface area contributed by atoms with Gasteiger partial charge in [0, 0.05) is 28.2 Å². The van der Waals surface area contributed by atoms with E-state index in [1.807, 2.05) is 32.9 Å². The van der Waals surface area contributed by atoms with Crippen molar-refractivity contribution < 1.29 is 59.3 Å². The number of nitrogens with one attached hydrogen (secondary N) is 3. The highest BCUT2D eigenvalue weighted by Crippen LogP contribution is 2.46. The third kappa shape index (κ3) is 9.75. The number of alkyl halides is 3. The maximum atomic E-state index is 14.7. The molecule has 14 nitrogen and oxygen atoms in total. The lowest BCUT2D eigenvalue weighted by Crippen LogP contribution is -2.59. The van der Waals surface area contributed by atoms with Gasteiger partial charge in [-0.25, -0.2) is 18.2 Å². The van der Waals surface area contributed by atoms with Gasteiger partial charge in [-0.1, -0.05) is 26.0 Å². The van der Waals surface area contributed by atoms with Crippen LogP contribution in [0.3, 0.4) is 0 Å². The van der Waals surface area contributed by atoms with Crippen molar-refractivity contribution in [3.8, 4) is 11.6 Å². The number of carbonyl (C=O) groups is 4. The van der Waals surface area contributed by atoms with Crippen molar-refractivity contribution in [2.75, 3.05) is 6.54 Å². The van der Waals surface area contributed by atoms with E-state index < -0.39 is 86.9 Å². The summed E-state index contributed by atoms with van der Waals surface area (Å²) in [6.07, 6.45) is -2.10. The summed E-state index contributed by atoms with van der Waals surface area (Å²) in [5.74, 6) is -2.76. The Bertz CT molecular complexity index is 2030. The minimum atomic E-state index is -4.85. The Kier molecular flexibility index (Phi) is 12.0. The van der Waals surface area contributed by atoms with Crippen LogP contribution in [0, 0.1) is 17.8 Å². The van der Waals surface area contributed by atoms with Crippen molar-refractivity contribution in [2.24, 2.45) is 17.8 Å². The van der Waals surface area contributed by atoms with Crippen LogP contribution in [-0.4, -0.2) is 96.0 Å². The Labute approximate surface area is 334 Å². The molecule has 4 aliphatic rings. The Morgan fingerprint density at radius 1 is 1.09 bits per heavy atom. The fraction of sp³-hybridized carbons (Fsp3) is 0.615. The van der Waals surface area contributed by atoms with Crippen LogP contribution in [0.5, 0.6) is 11.6 Å². The number of fused-ring (bicyclic) bond motifs is 3. The molecule has 2 aliphatic carbocycles. The third-order valence-electron chi connectivity index (χ3n) is 11.0. The fourth-order valence-corrected chi connectivity index (χ4v) is 8.98. The summed E-state index contributed by atoms with van der Waals surface area (Å²) in [7, 11) is -3.97. The van der Waals surface area contributed by atoms with E-state index in [4.69, 9.17) is 9.47 Å². The van der Waals surface area contributed by atoms with E-state index >= 15 is 0 Å².